The molecule has 0 aliphatic carbocycles. The second-order valence-corrected chi connectivity index (χ2v) is 7.79. The minimum absolute atomic E-state index is 0.0117. The number of nitrogen functional groups attached to an aromatic ring is 1. The zero-order chi connectivity index (χ0) is 21.1. The number of hydrogen-bond donors (Lipinski definition) is 2. The van der Waals surface area contributed by atoms with Crippen LogP contribution in [0.1, 0.15) is 22.7 Å². The number of aromatic nitrogens is 3. The summed E-state index contributed by atoms with van der Waals surface area (Å²) in [4.78, 5) is 19.2. The van der Waals surface area contributed by atoms with Gasteiger partial charge in [0.2, 0.25) is 17.0 Å². The number of nitrogens with two attached hydrogens (primary N) is 1. The number of methoxy groups -OCH3 is 2. The molecule has 9 heteroatoms. The summed E-state index contributed by atoms with van der Waals surface area (Å²) in [5, 5.41) is 7.04. The third-order valence-electron chi connectivity index (χ3n) is 5.12. The fraction of sp³-hybridized carbons (Fsp3) is 0.286. The number of hydrogen-bond acceptors (Lipinski definition) is 7. The molecular weight excluding hydrogens is 402 g/mol. The number of aromatic amines is 1. The number of ether oxygens (including phenoxy) is 2. The van der Waals surface area contributed by atoms with Gasteiger partial charge in [0.15, 0.2) is 11.5 Å². The van der Waals surface area contributed by atoms with E-state index in [0.717, 1.165) is 23.1 Å². The molecular formula is C21H23N5O3S. The Hall–Kier alpha value is -3.20. The van der Waals surface area contributed by atoms with Gasteiger partial charge in [-0.25, -0.2) is 5.10 Å². The average molecular weight is 426 g/mol. The van der Waals surface area contributed by atoms with Gasteiger partial charge in [-0.2, -0.15) is 4.98 Å². The van der Waals surface area contributed by atoms with E-state index in [1.165, 1.54) is 11.8 Å². The van der Waals surface area contributed by atoms with E-state index in [9.17, 15) is 4.79 Å². The Kier molecular flexibility index (Phi) is 5.80. The molecule has 4 rings (SSSR count). The second-order valence-electron chi connectivity index (χ2n) is 6.85. The van der Waals surface area contributed by atoms with Gasteiger partial charge in [-0.15, -0.1) is 5.10 Å². The smallest absolute Gasteiger partial charge is 0.233 e. The molecule has 1 aliphatic rings. The predicted octanol–water partition coefficient (Wildman–Crippen LogP) is 2.67. The number of rotatable bonds is 6. The van der Waals surface area contributed by atoms with Crippen molar-refractivity contribution >= 4 is 23.6 Å². The average Bonchev–Trinajstić information content (AvgIpc) is 3.21. The van der Waals surface area contributed by atoms with E-state index in [1.54, 1.807) is 14.2 Å². The molecule has 1 amide bonds. The van der Waals surface area contributed by atoms with Crippen molar-refractivity contribution in [2.75, 3.05) is 32.3 Å². The van der Waals surface area contributed by atoms with Gasteiger partial charge in [0.05, 0.1) is 26.0 Å². The highest BCUT2D eigenvalue weighted by molar-refractivity contribution is 7.99. The first-order valence-electron chi connectivity index (χ1n) is 9.50. The molecule has 0 fully saturated rings. The maximum Gasteiger partial charge on any atom is 0.233 e. The number of carbonyl (C=O) groups is 1. The number of H-pyrrole nitrogens is 1. The van der Waals surface area contributed by atoms with Crippen LogP contribution in [0.5, 0.6) is 11.5 Å². The number of fused-ring (bicyclic) bond motifs is 1. The first kappa shape index (κ1) is 20.1. The molecule has 0 bridgehead atoms. The summed E-state index contributed by atoms with van der Waals surface area (Å²) in [5.74, 6) is 1.82. The van der Waals surface area contributed by atoms with Crippen molar-refractivity contribution in [1.29, 1.82) is 0 Å². The zero-order valence-electron chi connectivity index (χ0n) is 16.8. The van der Waals surface area contributed by atoms with Gasteiger partial charge in [-0.05, 0) is 35.2 Å². The Morgan fingerprint density at radius 1 is 1.23 bits per heavy atom. The van der Waals surface area contributed by atoms with Crippen LogP contribution in [0.25, 0.3) is 0 Å². The Morgan fingerprint density at radius 3 is 2.63 bits per heavy atom. The molecule has 3 N–H and O–H groups in total. The van der Waals surface area contributed by atoms with E-state index < -0.39 is 0 Å². The number of nitrogens with one attached hydrogen (secondary N) is 1. The van der Waals surface area contributed by atoms with Crippen LogP contribution in [-0.2, 0) is 11.2 Å². The number of nitrogens with zero attached hydrogens (tertiary/aromatic N) is 3. The summed E-state index contributed by atoms with van der Waals surface area (Å²) in [5.41, 5.74) is 8.82. The monoisotopic (exact) mass is 425 g/mol. The Labute approximate surface area is 178 Å². The van der Waals surface area contributed by atoms with Crippen molar-refractivity contribution in [1.82, 2.24) is 20.1 Å². The maximum atomic E-state index is 13.2. The zero-order valence-corrected chi connectivity index (χ0v) is 17.6. The number of amides is 1. The van der Waals surface area contributed by atoms with Crippen molar-refractivity contribution in [2.24, 2.45) is 0 Å². The first-order valence-corrected chi connectivity index (χ1v) is 10.5. The molecule has 1 aliphatic heterocycles. The standard InChI is InChI=1S/C21H23N5O3S/c1-28-16-10-14-8-9-26(18(27)12-30-21-23-20(22)24-25-21)19(13-6-4-3-5-7-13)15(14)11-17(16)29-2/h3-7,10-11,19H,8-9,12H2,1-2H3,(H3,22,23,24,25). The lowest BCUT2D eigenvalue weighted by Gasteiger charge is -2.38. The Bertz CT molecular complexity index is 1040. The SMILES string of the molecule is COc1cc2c(cc1OC)C(c1ccccc1)N(C(=O)CSc1n[nH]c(N)n1)CC2. The van der Waals surface area contributed by atoms with Crippen LogP contribution < -0.4 is 15.2 Å². The number of thioether (sulfide) groups is 1. The van der Waals surface area contributed by atoms with Crippen LogP contribution >= 0.6 is 11.8 Å². The van der Waals surface area contributed by atoms with Crippen LogP contribution in [0, 0.1) is 0 Å². The van der Waals surface area contributed by atoms with Crippen molar-refractivity contribution < 1.29 is 14.3 Å². The van der Waals surface area contributed by atoms with Gasteiger partial charge in [0.1, 0.15) is 0 Å². The fourth-order valence-corrected chi connectivity index (χ4v) is 4.43. The first-order chi connectivity index (χ1) is 14.6. The minimum atomic E-state index is -0.208. The summed E-state index contributed by atoms with van der Waals surface area (Å²) in [6.45, 7) is 0.609. The maximum absolute atomic E-state index is 13.2. The van der Waals surface area contributed by atoms with Crippen LogP contribution in [-0.4, -0.2) is 52.5 Å². The van der Waals surface area contributed by atoms with E-state index in [4.69, 9.17) is 15.2 Å². The molecule has 0 spiro atoms. The molecule has 30 heavy (non-hydrogen) atoms. The predicted molar refractivity (Wildman–Crippen MR) is 115 cm³/mol. The number of benzene rings is 2. The number of carbonyl (C=O) groups excluding carboxylic acids is 1. The van der Waals surface area contributed by atoms with Crippen molar-refractivity contribution in [2.45, 2.75) is 17.6 Å². The molecule has 3 aromatic rings. The summed E-state index contributed by atoms with van der Waals surface area (Å²) < 4.78 is 11.0. The Morgan fingerprint density at radius 2 is 1.97 bits per heavy atom. The van der Waals surface area contributed by atoms with E-state index in [1.807, 2.05) is 47.4 Å². The summed E-state index contributed by atoms with van der Waals surface area (Å²) in [6, 6.07) is 13.8. The topological polar surface area (TPSA) is 106 Å². The molecule has 2 heterocycles. The van der Waals surface area contributed by atoms with E-state index in [-0.39, 0.29) is 23.7 Å². The third-order valence-corrected chi connectivity index (χ3v) is 5.95. The van der Waals surface area contributed by atoms with Crippen LogP contribution in [0.15, 0.2) is 47.6 Å². The normalized spacial score (nSPS) is 15.5. The van der Waals surface area contributed by atoms with E-state index >= 15 is 0 Å². The molecule has 0 saturated carbocycles. The van der Waals surface area contributed by atoms with Crippen molar-refractivity contribution in [3.8, 4) is 11.5 Å². The highest BCUT2D eigenvalue weighted by atomic mass is 32.2. The number of anilines is 1. The molecule has 2 aromatic carbocycles. The lowest BCUT2D eigenvalue weighted by atomic mass is 9.87. The van der Waals surface area contributed by atoms with Crippen LogP contribution in [0.2, 0.25) is 0 Å². The third kappa shape index (κ3) is 3.93. The summed E-state index contributed by atoms with van der Waals surface area (Å²) in [7, 11) is 3.25. The quantitative estimate of drug-likeness (QED) is 0.585. The fourth-order valence-electron chi connectivity index (χ4n) is 3.74. The van der Waals surface area contributed by atoms with Gasteiger partial charge >= 0.3 is 0 Å². The molecule has 1 aromatic heterocycles. The van der Waals surface area contributed by atoms with Gasteiger partial charge < -0.3 is 20.1 Å². The van der Waals surface area contributed by atoms with E-state index in [2.05, 4.69) is 15.2 Å². The highest BCUT2D eigenvalue weighted by Crippen LogP contribution is 2.41. The largest absolute Gasteiger partial charge is 0.493 e. The van der Waals surface area contributed by atoms with Crippen LogP contribution in [0.4, 0.5) is 5.95 Å². The molecule has 0 saturated heterocycles. The van der Waals surface area contributed by atoms with Crippen molar-refractivity contribution in [3.63, 3.8) is 0 Å². The highest BCUT2D eigenvalue weighted by Gasteiger charge is 2.33. The molecule has 0 radical (unpaired) electrons. The van der Waals surface area contributed by atoms with Gasteiger partial charge in [0.25, 0.3) is 0 Å². The van der Waals surface area contributed by atoms with Gasteiger partial charge in [-0.1, -0.05) is 42.1 Å². The Balaban J connectivity index is 1.68. The van der Waals surface area contributed by atoms with E-state index in [0.29, 0.717) is 23.2 Å². The second kappa shape index (κ2) is 8.66. The molecule has 1 atom stereocenters. The van der Waals surface area contributed by atoms with Crippen LogP contribution in [0.3, 0.4) is 0 Å². The minimum Gasteiger partial charge on any atom is -0.493 e. The summed E-state index contributed by atoms with van der Waals surface area (Å²) >= 11 is 1.27. The molecule has 1 unspecified atom stereocenters. The lowest BCUT2D eigenvalue weighted by Crippen LogP contribution is -2.41. The van der Waals surface area contributed by atoms with Gasteiger partial charge in [-0.3, -0.25) is 4.79 Å². The molecule has 156 valence electrons. The molecule has 8 nitrogen and oxygen atoms in total. The van der Waals surface area contributed by atoms with Gasteiger partial charge in [0, 0.05) is 6.54 Å². The van der Waals surface area contributed by atoms with Crippen molar-refractivity contribution in [3.05, 3.63) is 59.2 Å². The summed E-state index contributed by atoms with van der Waals surface area (Å²) in [6.07, 6.45) is 0.739. The lowest BCUT2D eigenvalue weighted by molar-refractivity contribution is -0.130.